The third-order valence-electron chi connectivity index (χ3n) is 1.85. The molecule has 5 heteroatoms. The van der Waals surface area contributed by atoms with Crippen LogP contribution in [0.1, 0.15) is 55.4 Å². The predicted molar refractivity (Wildman–Crippen MR) is 72.1 cm³/mol. The van der Waals surface area contributed by atoms with Crippen LogP contribution in [-0.4, -0.2) is 17.0 Å². The highest BCUT2D eigenvalue weighted by molar-refractivity contribution is 7.54. The molecule has 104 valence electrons. The first kappa shape index (κ1) is 17.1. The van der Waals surface area contributed by atoms with E-state index < -0.39 is 24.6 Å². The fraction of sp³-hybridized carbons (Fsp3) is 1.00. The van der Waals surface area contributed by atoms with E-state index in [0.717, 1.165) is 0 Å². The van der Waals surface area contributed by atoms with Gasteiger partial charge < -0.3 is 14.8 Å². The van der Waals surface area contributed by atoms with Crippen molar-refractivity contribution in [3.8, 4) is 0 Å². The van der Waals surface area contributed by atoms with Crippen molar-refractivity contribution in [2.75, 3.05) is 0 Å². The first-order valence-electron chi connectivity index (χ1n) is 6.04. The van der Waals surface area contributed by atoms with Gasteiger partial charge in [-0.1, -0.05) is 13.8 Å². The van der Waals surface area contributed by atoms with E-state index in [9.17, 15) is 4.57 Å². The summed E-state index contributed by atoms with van der Waals surface area (Å²) in [7, 11) is -3.33. The molecule has 0 unspecified atom stereocenters. The van der Waals surface area contributed by atoms with Gasteiger partial charge in [0.1, 0.15) is 5.78 Å². The lowest BCUT2D eigenvalue weighted by molar-refractivity contribution is 0.0432. The van der Waals surface area contributed by atoms with E-state index in [1.165, 1.54) is 0 Å². The highest BCUT2D eigenvalue weighted by Crippen LogP contribution is 2.58. The molecule has 0 aliphatic heterocycles. The topological polar surface area (TPSA) is 61.6 Å². The third-order valence-corrected chi connectivity index (χ3v) is 4.78. The average molecular weight is 265 g/mol. The quantitative estimate of drug-likeness (QED) is 0.786. The summed E-state index contributed by atoms with van der Waals surface area (Å²) >= 11 is 0. The molecular formula is C12H28NO3P. The lowest BCUT2D eigenvalue weighted by Gasteiger charge is -2.36. The summed E-state index contributed by atoms with van der Waals surface area (Å²) < 4.78 is 24.1. The molecule has 0 aromatic rings. The first-order chi connectivity index (χ1) is 7.27. The molecule has 0 aromatic carbocycles. The van der Waals surface area contributed by atoms with E-state index in [1.807, 2.05) is 55.4 Å². The van der Waals surface area contributed by atoms with Gasteiger partial charge in [-0.05, 0) is 47.5 Å². The largest absolute Gasteiger partial charge is 0.348 e. The molecule has 0 fully saturated rings. The minimum absolute atomic E-state index is 0.0329. The van der Waals surface area contributed by atoms with Crippen LogP contribution in [0.4, 0.5) is 0 Å². The van der Waals surface area contributed by atoms with Crippen LogP contribution in [0.2, 0.25) is 0 Å². The maximum Gasteiger partial charge on any atom is 0.348 e. The summed E-state index contributed by atoms with van der Waals surface area (Å²) in [6.45, 7) is 14.9. The second kappa shape index (κ2) is 5.40. The van der Waals surface area contributed by atoms with Crippen molar-refractivity contribution < 1.29 is 13.6 Å². The second-order valence-corrected chi connectivity index (χ2v) is 8.72. The fourth-order valence-corrected chi connectivity index (χ4v) is 3.81. The van der Waals surface area contributed by atoms with Crippen molar-refractivity contribution in [3.63, 3.8) is 0 Å². The predicted octanol–water partition coefficient (Wildman–Crippen LogP) is 3.75. The zero-order valence-electron chi connectivity index (χ0n) is 12.4. The summed E-state index contributed by atoms with van der Waals surface area (Å²) in [6, 6.07) is 0. The molecule has 0 bridgehead atoms. The maximum absolute atomic E-state index is 12.8. The van der Waals surface area contributed by atoms with Gasteiger partial charge in [-0.15, -0.1) is 0 Å². The molecule has 0 aliphatic rings. The summed E-state index contributed by atoms with van der Waals surface area (Å²) in [6.07, 6.45) is 0. The van der Waals surface area contributed by atoms with Crippen LogP contribution in [0, 0.1) is 5.92 Å². The van der Waals surface area contributed by atoms with E-state index in [0.29, 0.717) is 0 Å². The Bertz CT molecular complexity index is 269. The summed E-state index contributed by atoms with van der Waals surface area (Å²) in [5.74, 6) is -0.577. The molecule has 4 nitrogen and oxygen atoms in total. The Morgan fingerprint density at radius 3 is 1.41 bits per heavy atom. The highest BCUT2D eigenvalue weighted by atomic mass is 31.2. The normalized spacial score (nSPS) is 16.4. The van der Waals surface area contributed by atoms with Gasteiger partial charge in [0.05, 0.1) is 11.2 Å². The zero-order chi connectivity index (χ0) is 14.1. The van der Waals surface area contributed by atoms with Gasteiger partial charge in [-0.25, -0.2) is 0 Å². The first-order valence-corrected chi connectivity index (χ1v) is 7.65. The van der Waals surface area contributed by atoms with Crippen molar-refractivity contribution in [1.82, 2.24) is 0 Å². The Kier molecular flexibility index (Phi) is 5.43. The van der Waals surface area contributed by atoms with Crippen LogP contribution in [-0.2, 0) is 13.6 Å². The fourth-order valence-electron chi connectivity index (χ4n) is 1.27. The SMILES string of the molecule is CC(C)[C@@H](N)P(=O)(OC(C)(C)C)OC(C)(C)C. The van der Waals surface area contributed by atoms with Crippen LogP contribution < -0.4 is 5.73 Å². The van der Waals surface area contributed by atoms with Crippen molar-refractivity contribution in [2.45, 2.75) is 72.4 Å². The molecule has 0 radical (unpaired) electrons. The smallest absolute Gasteiger partial charge is 0.317 e. The summed E-state index contributed by atoms with van der Waals surface area (Å²) in [4.78, 5) is 0. The molecule has 17 heavy (non-hydrogen) atoms. The third kappa shape index (κ3) is 6.56. The molecule has 1 atom stereocenters. The van der Waals surface area contributed by atoms with Gasteiger partial charge in [0.2, 0.25) is 0 Å². The Morgan fingerprint density at radius 1 is 0.941 bits per heavy atom. The second-order valence-electron chi connectivity index (χ2n) is 6.68. The summed E-state index contributed by atoms with van der Waals surface area (Å²) in [5.41, 5.74) is 4.90. The molecule has 0 heterocycles. The number of hydrogen-bond acceptors (Lipinski definition) is 4. The molecular weight excluding hydrogens is 237 g/mol. The van der Waals surface area contributed by atoms with E-state index in [1.54, 1.807) is 0 Å². The van der Waals surface area contributed by atoms with Crippen LogP contribution in [0.3, 0.4) is 0 Å². The number of rotatable bonds is 4. The maximum atomic E-state index is 12.8. The van der Waals surface area contributed by atoms with Gasteiger partial charge >= 0.3 is 7.60 Å². The van der Waals surface area contributed by atoms with Crippen molar-refractivity contribution >= 4 is 7.60 Å². The van der Waals surface area contributed by atoms with Crippen molar-refractivity contribution in [3.05, 3.63) is 0 Å². The Hall–Kier alpha value is 0.110. The van der Waals surface area contributed by atoms with Crippen LogP contribution >= 0.6 is 7.60 Å². The van der Waals surface area contributed by atoms with E-state index >= 15 is 0 Å². The minimum atomic E-state index is -3.33. The molecule has 0 aliphatic carbocycles. The van der Waals surface area contributed by atoms with Crippen molar-refractivity contribution in [1.29, 1.82) is 0 Å². The summed E-state index contributed by atoms with van der Waals surface area (Å²) in [5, 5.41) is 0. The van der Waals surface area contributed by atoms with Gasteiger partial charge in [0, 0.05) is 0 Å². The number of nitrogens with two attached hydrogens (primary N) is 1. The van der Waals surface area contributed by atoms with Crippen molar-refractivity contribution in [2.24, 2.45) is 11.7 Å². The zero-order valence-corrected chi connectivity index (χ0v) is 13.3. The lowest BCUT2D eigenvalue weighted by atomic mass is 10.2. The van der Waals surface area contributed by atoms with Crippen LogP contribution in [0.15, 0.2) is 0 Å². The molecule has 0 saturated carbocycles. The van der Waals surface area contributed by atoms with Gasteiger partial charge in [-0.3, -0.25) is 4.57 Å². The Morgan fingerprint density at radius 2 is 1.24 bits per heavy atom. The van der Waals surface area contributed by atoms with Gasteiger partial charge in [0.25, 0.3) is 0 Å². The highest BCUT2D eigenvalue weighted by Gasteiger charge is 2.42. The Balaban J connectivity index is 5.16. The molecule has 0 spiro atoms. The molecule has 0 rings (SSSR count). The molecule has 2 N–H and O–H groups in total. The lowest BCUT2D eigenvalue weighted by Crippen LogP contribution is -2.35. The Labute approximate surface area is 106 Å². The van der Waals surface area contributed by atoms with Gasteiger partial charge in [-0.2, -0.15) is 0 Å². The van der Waals surface area contributed by atoms with Gasteiger partial charge in [0.15, 0.2) is 0 Å². The standard InChI is InChI=1S/C12H28NO3P/c1-9(2)10(13)17(14,15-11(3,4)5)16-12(6,7)8/h9-10H,13H2,1-8H3/t10-/m0/s1. The van der Waals surface area contributed by atoms with E-state index in [4.69, 9.17) is 14.8 Å². The van der Waals surface area contributed by atoms with Crippen LogP contribution in [0.5, 0.6) is 0 Å². The van der Waals surface area contributed by atoms with E-state index in [-0.39, 0.29) is 5.92 Å². The average Bonchev–Trinajstić information content (AvgIpc) is 1.94. The monoisotopic (exact) mass is 265 g/mol. The van der Waals surface area contributed by atoms with E-state index in [2.05, 4.69) is 0 Å². The minimum Gasteiger partial charge on any atom is -0.317 e. The molecule has 0 saturated heterocycles. The van der Waals surface area contributed by atoms with Crippen LogP contribution in [0.25, 0.3) is 0 Å². The molecule has 0 amide bonds. The number of hydrogen-bond donors (Lipinski definition) is 1. The molecule has 0 aromatic heterocycles.